The van der Waals surface area contributed by atoms with Crippen molar-refractivity contribution >= 4 is 32.3 Å². The Labute approximate surface area is 278 Å². The molecule has 258 valence electrons. The van der Waals surface area contributed by atoms with Crippen LogP contribution >= 0.6 is 0 Å². The van der Waals surface area contributed by atoms with Crippen molar-refractivity contribution in [2.45, 2.75) is 65.3 Å². The van der Waals surface area contributed by atoms with Gasteiger partial charge in [0.05, 0.1) is 59.5 Å². The van der Waals surface area contributed by atoms with Crippen LogP contribution in [0.1, 0.15) is 52.7 Å². The molecule has 9 nitrogen and oxygen atoms in total. The van der Waals surface area contributed by atoms with Crippen LogP contribution < -0.4 is 9.64 Å². The van der Waals surface area contributed by atoms with Crippen LogP contribution in [-0.4, -0.2) is 93.1 Å². The second kappa shape index (κ2) is 19.8. The molecule has 0 N–H and O–H groups in total. The van der Waals surface area contributed by atoms with Crippen LogP contribution in [-0.2, 0) is 28.1 Å². The lowest BCUT2D eigenvalue weighted by Crippen LogP contribution is -2.41. The molecule has 1 amide bonds. The number of carbonyl (C=O) groups excluding carboxylic acids is 1. The van der Waals surface area contributed by atoms with Gasteiger partial charge >= 0.3 is 6.09 Å². The number of hydrogen-bond acceptors (Lipinski definition) is 8. The lowest BCUT2D eigenvalue weighted by atomic mass is 10.1. The number of ether oxygens (including phenoxy) is 6. The standard InChI is InChI=1S/C36H57NO8Si/c1-35(2,3)45-34(38)37(7)32-16-12-30(13-17-32)10-11-31-14-18-33(19-15-31)43-28-26-41-24-22-39-20-21-40-23-25-42-27-29-44-46(8,9)36(4,5)6/h10-19H,20-29H2,1-9H3/b11-10+. The van der Waals surface area contributed by atoms with Gasteiger partial charge in [0.25, 0.3) is 0 Å². The predicted molar refractivity (Wildman–Crippen MR) is 188 cm³/mol. The van der Waals surface area contributed by atoms with Gasteiger partial charge in [0.15, 0.2) is 8.32 Å². The van der Waals surface area contributed by atoms with E-state index < -0.39 is 13.9 Å². The minimum atomic E-state index is -1.70. The lowest BCUT2D eigenvalue weighted by molar-refractivity contribution is -0.00737. The summed E-state index contributed by atoms with van der Waals surface area (Å²) in [5.74, 6) is 0.788. The molecule has 10 heteroatoms. The zero-order valence-corrected chi connectivity index (χ0v) is 30.6. The highest BCUT2D eigenvalue weighted by Crippen LogP contribution is 2.36. The van der Waals surface area contributed by atoms with Crippen molar-refractivity contribution in [1.82, 2.24) is 0 Å². The van der Waals surface area contributed by atoms with Crippen molar-refractivity contribution in [3.63, 3.8) is 0 Å². The number of rotatable bonds is 20. The lowest BCUT2D eigenvalue weighted by Gasteiger charge is -2.36. The third kappa shape index (κ3) is 16.2. The Bertz CT molecular complexity index is 1150. The second-order valence-electron chi connectivity index (χ2n) is 13.4. The quantitative estimate of drug-likeness (QED) is 0.0813. The van der Waals surface area contributed by atoms with Crippen LogP contribution in [0.15, 0.2) is 48.5 Å². The van der Waals surface area contributed by atoms with E-state index in [1.807, 2.05) is 81.5 Å². The summed E-state index contributed by atoms with van der Waals surface area (Å²) in [6.45, 7) is 22.1. The molecule has 0 aliphatic carbocycles. The fraction of sp³-hybridized carbons (Fsp3) is 0.583. The summed E-state index contributed by atoms with van der Waals surface area (Å²) in [6, 6.07) is 15.6. The van der Waals surface area contributed by atoms with E-state index >= 15 is 0 Å². The molecule has 0 saturated heterocycles. The maximum Gasteiger partial charge on any atom is 0.414 e. The van der Waals surface area contributed by atoms with Crippen molar-refractivity contribution in [3.05, 3.63) is 59.7 Å². The van der Waals surface area contributed by atoms with Crippen molar-refractivity contribution in [2.24, 2.45) is 0 Å². The van der Waals surface area contributed by atoms with E-state index in [0.717, 1.165) is 22.6 Å². The molecule has 2 aromatic rings. The molecule has 0 unspecified atom stereocenters. The molecular formula is C36H57NO8Si. The first-order chi connectivity index (χ1) is 21.7. The first-order valence-electron chi connectivity index (χ1n) is 16.1. The Balaban J connectivity index is 1.49. The Morgan fingerprint density at radius 1 is 0.652 bits per heavy atom. The Kier molecular flexibility index (Phi) is 17.0. The topological polar surface area (TPSA) is 84.9 Å². The highest BCUT2D eigenvalue weighted by Gasteiger charge is 2.36. The van der Waals surface area contributed by atoms with Crippen LogP contribution in [0.5, 0.6) is 5.75 Å². The normalized spacial score (nSPS) is 12.5. The largest absolute Gasteiger partial charge is 0.491 e. The molecular weight excluding hydrogens is 602 g/mol. The molecule has 2 aromatic carbocycles. The Hall–Kier alpha value is -2.73. The Morgan fingerprint density at radius 3 is 1.50 bits per heavy atom. The smallest absolute Gasteiger partial charge is 0.414 e. The summed E-state index contributed by atoms with van der Waals surface area (Å²) in [5.41, 5.74) is 2.32. The molecule has 2 rings (SSSR count). The van der Waals surface area contributed by atoms with Gasteiger partial charge < -0.3 is 32.8 Å². The number of hydrogen-bond donors (Lipinski definition) is 0. The zero-order valence-electron chi connectivity index (χ0n) is 29.6. The first kappa shape index (κ1) is 39.4. The van der Waals surface area contributed by atoms with Gasteiger partial charge in [-0.25, -0.2) is 4.79 Å². The third-order valence-electron chi connectivity index (χ3n) is 7.41. The van der Waals surface area contributed by atoms with Gasteiger partial charge in [0.1, 0.15) is 18.0 Å². The first-order valence-corrected chi connectivity index (χ1v) is 19.0. The Morgan fingerprint density at radius 2 is 1.07 bits per heavy atom. The van der Waals surface area contributed by atoms with Crippen LogP contribution in [0.2, 0.25) is 18.1 Å². The zero-order chi connectivity index (χ0) is 34.1. The van der Waals surface area contributed by atoms with E-state index in [9.17, 15) is 4.79 Å². The average molecular weight is 660 g/mol. The maximum absolute atomic E-state index is 12.3. The van der Waals surface area contributed by atoms with Crippen LogP contribution in [0, 0.1) is 0 Å². The van der Waals surface area contributed by atoms with Crippen molar-refractivity contribution in [3.8, 4) is 5.75 Å². The van der Waals surface area contributed by atoms with Gasteiger partial charge in [-0.1, -0.05) is 57.2 Å². The second-order valence-corrected chi connectivity index (χ2v) is 18.2. The van der Waals surface area contributed by atoms with Crippen LogP contribution in [0.3, 0.4) is 0 Å². The molecule has 0 spiro atoms. The monoisotopic (exact) mass is 659 g/mol. The molecule has 0 aromatic heterocycles. The number of amides is 1. The van der Waals surface area contributed by atoms with Gasteiger partial charge in [-0.2, -0.15) is 0 Å². The van der Waals surface area contributed by atoms with Crippen LogP contribution in [0.25, 0.3) is 12.2 Å². The predicted octanol–water partition coefficient (Wildman–Crippen LogP) is 7.70. The van der Waals surface area contributed by atoms with Gasteiger partial charge in [0, 0.05) is 12.7 Å². The molecule has 46 heavy (non-hydrogen) atoms. The van der Waals surface area contributed by atoms with E-state index in [-0.39, 0.29) is 11.1 Å². The van der Waals surface area contributed by atoms with E-state index in [2.05, 4.69) is 33.9 Å². The van der Waals surface area contributed by atoms with Gasteiger partial charge in [0.2, 0.25) is 0 Å². The van der Waals surface area contributed by atoms with E-state index in [4.69, 9.17) is 32.8 Å². The van der Waals surface area contributed by atoms with Crippen LogP contribution in [0.4, 0.5) is 10.5 Å². The van der Waals surface area contributed by atoms with Crippen molar-refractivity contribution < 1.29 is 37.6 Å². The fourth-order valence-corrected chi connectivity index (χ4v) is 4.69. The minimum absolute atomic E-state index is 0.213. The number of carbonyl (C=O) groups is 1. The summed E-state index contributed by atoms with van der Waals surface area (Å²) in [5, 5.41) is 0.213. The van der Waals surface area contributed by atoms with Crippen molar-refractivity contribution in [1.29, 1.82) is 0 Å². The summed E-state index contributed by atoms with van der Waals surface area (Å²) in [7, 11) is -0.00165. The SMILES string of the molecule is CN(C(=O)OC(C)(C)C)c1ccc(/C=C/c2ccc(OCCOCCOCCOCCOCCO[Si](C)(C)C(C)(C)C)cc2)cc1. The minimum Gasteiger partial charge on any atom is -0.491 e. The summed E-state index contributed by atoms with van der Waals surface area (Å²) in [6.07, 6.45) is 3.68. The summed E-state index contributed by atoms with van der Waals surface area (Å²) < 4.78 is 39.6. The van der Waals surface area contributed by atoms with E-state index in [1.165, 1.54) is 4.90 Å². The van der Waals surface area contributed by atoms with Crippen molar-refractivity contribution in [2.75, 3.05) is 78.0 Å². The van der Waals surface area contributed by atoms with Gasteiger partial charge in [-0.15, -0.1) is 0 Å². The maximum atomic E-state index is 12.3. The van der Waals surface area contributed by atoms with E-state index in [0.29, 0.717) is 66.1 Å². The third-order valence-corrected chi connectivity index (χ3v) is 11.9. The van der Waals surface area contributed by atoms with E-state index in [1.54, 1.807) is 7.05 Å². The molecule has 0 heterocycles. The molecule has 0 bridgehead atoms. The number of benzene rings is 2. The molecule has 0 aliphatic rings. The molecule has 0 atom stereocenters. The van der Waals surface area contributed by atoms with Gasteiger partial charge in [-0.3, -0.25) is 4.90 Å². The summed E-state index contributed by atoms with van der Waals surface area (Å²) in [4.78, 5) is 13.8. The highest BCUT2D eigenvalue weighted by molar-refractivity contribution is 6.74. The highest BCUT2D eigenvalue weighted by atomic mass is 28.4. The van der Waals surface area contributed by atoms with Gasteiger partial charge in [-0.05, 0) is 74.3 Å². The number of anilines is 1. The molecule has 0 fully saturated rings. The molecule has 0 saturated carbocycles. The fourth-order valence-electron chi connectivity index (χ4n) is 3.66. The average Bonchev–Trinajstić information content (AvgIpc) is 2.99. The number of nitrogens with zero attached hydrogens (tertiary/aromatic N) is 1. The molecule has 0 aliphatic heterocycles. The summed E-state index contributed by atoms with van der Waals surface area (Å²) >= 11 is 0. The molecule has 0 radical (unpaired) electrons.